The van der Waals surface area contributed by atoms with E-state index in [1.54, 1.807) is 36.1 Å². The highest BCUT2D eigenvalue weighted by molar-refractivity contribution is 5.78. The number of nitro benzene ring substituents is 1. The second kappa shape index (κ2) is 8.03. The number of carbonyl (C=O) groups excluding carboxylic acids is 1. The van der Waals surface area contributed by atoms with Crippen LogP contribution in [0.25, 0.3) is 0 Å². The molecule has 1 aliphatic heterocycles. The number of amides is 1. The molecule has 1 aliphatic rings. The molecular weight excluding hydrogens is 353 g/mol. The molecule has 27 heavy (non-hydrogen) atoms. The van der Waals surface area contributed by atoms with Gasteiger partial charge in [0, 0.05) is 32.2 Å². The molecule has 2 aromatic rings. The zero-order valence-electron chi connectivity index (χ0n) is 14.9. The third-order valence-corrected chi connectivity index (χ3v) is 4.49. The number of hydrogen-bond donors (Lipinski definition) is 0. The van der Waals surface area contributed by atoms with Crippen LogP contribution >= 0.6 is 0 Å². The topological polar surface area (TPSA) is 75.9 Å². The van der Waals surface area contributed by atoms with Gasteiger partial charge >= 0.3 is 5.69 Å². The number of carbonyl (C=O) groups is 1. The van der Waals surface area contributed by atoms with Gasteiger partial charge < -0.3 is 14.5 Å². The molecule has 1 saturated heterocycles. The van der Waals surface area contributed by atoms with E-state index in [1.807, 2.05) is 4.90 Å². The Morgan fingerprint density at radius 1 is 1.19 bits per heavy atom. The Balaban J connectivity index is 1.56. The molecule has 0 aromatic heterocycles. The van der Waals surface area contributed by atoms with E-state index in [0.29, 0.717) is 31.9 Å². The lowest BCUT2D eigenvalue weighted by atomic mass is 10.2. The van der Waals surface area contributed by atoms with E-state index in [4.69, 9.17) is 4.74 Å². The van der Waals surface area contributed by atoms with Gasteiger partial charge in [-0.15, -0.1) is 0 Å². The second-order valence-electron chi connectivity index (χ2n) is 6.34. The first-order valence-electron chi connectivity index (χ1n) is 8.61. The Labute approximate surface area is 156 Å². The quantitative estimate of drug-likeness (QED) is 0.595. The highest BCUT2D eigenvalue weighted by Crippen LogP contribution is 2.27. The molecule has 0 N–H and O–H groups in total. The van der Waals surface area contributed by atoms with E-state index in [2.05, 4.69) is 0 Å². The lowest BCUT2D eigenvalue weighted by Gasteiger charge is -2.36. The summed E-state index contributed by atoms with van der Waals surface area (Å²) in [6, 6.07) is 11.1. The third-order valence-electron chi connectivity index (χ3n) is 4.49. The van der Waals surface area contributed by atoms with Crippen LogP contribution in [0.3, 0.4) is 0 Å². The zero-order chi connectivity index (χ0) is 19.4. The lowest BCUT2D eigenvalue weighted by molar-refractivity contribution is -0.385. The summed E-state index contributed by atoms with van der Waals surface area (Å²) in [6.07, 6.45) is 0. The minimum atomic E-state index is -0.528. The molecule has 2 aromatic carbocycles. The van der Waals surface area contributed by atoms with Gasteiger partial charge in [0.05, 0.1) is 10.6 Å². The summed E-state index contributed by atoms with van der Waals surface area (Å²) in [5, 5.41) is 11.1. The minimum absolute atomic E-state index is 0.0731. The number of rotatable bonds is 5. The number of hydrogen-bond acceptors (Lipinski definition) is 5. The number of aryl methyl sites for hydroxylation is 1. The zero-order valence-corrected chi connectivity index (χ0v) is 14.9. The van der Waals surface area contributed by atoms with Crippen LogP contribution in [0, 0.1) is 22.9 Å². The Bertz CT molecular complexity index is 851. The Kier molecular flexibility index (Phi) is 5.54. The van der Waals surface area contributed by atoms with E-state index in [-0.39, 0.29) is 29.8 Å². The van der Waals surface area contributed by atoms with Gasteiger partial charge in [-0.2, -0.15) is 0 Å². The SMILES string of the molecule is Cc1ccc(OCC(=O)N2CCN(c3ccccc3F)CC2)c([N+](=O)[O-])c1. The maximum absolute atomic E-state index is 13.9. The predicted octanol–water partition coefficient (Wildman–Crippen LogP) is 2.77. The fourth-order valence-corrected chi connectivity index (χ4v) is 3.03. The van der Waals surface area contributed by atoms with Crippen molar-refractivity contribution in [3.8, 4) is 5.75 Å². The van der Waals surface area contributed by atoms with Crippen LogP contribution in [-0.2, 0) is 4.79 Å². The fraction of sp³-hybridized carbons (Fsp3) is 0.316. The van der Waals surface area contributed by atoms with Gasteiger partial charge in [-0.3, -0.25) is 14.9 Å². The number of benzene rings is 2. The van der Waals surface area contributed by atoms with Crippen LogP contribution in [0.5, 0.6) is 5.75 Å². The highest BCUT2D eigenvalue weighted by Gasteiger charge is 2.24. The molecule has 1 heterocycles. The minimum Gasteiger partial charge on any atom is -0.477 e. The highest BCUT2D eigenvalue weighted by atomic mass is 19.1. The maximum atomic E-state index is 13.9. The first-order chi connectivity index (χ1) is 13.0. The van der Waals surface area contributed by atoms with Crippen molar-refractivity contribution in [2.24, 2.45) is 0 Å². The Hall–Kier alpha value is -3.16. The van der Waals surface area contributed by atoms with Crippen LogP contribution < -0.4 is 9.64 Å². The molecule has 0 aliphatic carbocycles. The summed E-state index contributed by atoms with van der Waals surface area (Å²) in [5.74, 6) is -0.464. The standard InChI is InChI=1S/C19H20FN3O4/c1-14-6-7-18(17(12-14)23(25)26)27-13-19(24)22-10-8-21(9-11-22)16-5-3-2-4-15(16)20/h2-7,12H,8-11,13H2,1H3. The summed E-state index contributed by atoms with van der Waals surface area (Å²) in [4.78, 5) is 26.5. The van der Waals surface area contributed by atoms with Crippen LogP contribution in [0.15, 0.2) is 42.5 Å². The van der Waals surface area contributed by atoms with Gasteiger partial charge in [0.15, 0.2) is 12.4 Å². The van der Waals surface area contributed by atoms with Crippen LogP contribution in [0.4, 0.5) is 15.8 Å². The molecule has 0 bridgehead atoms. The molecule has 8 heteroatoms. The molecule has 1 fully saturated rings. The van der Waals surface area contributed by atoms with E-state index in [0.717, 1.165) is 5.56 Å². The van der Waals surface area contributed by atoms with Gasteiger partial charge in [0.25, 0.3) is 5.91 Å². The van der Waals surface area contributed by atoms with Gasteiger partial charge in [-0.05, 0) is 30.7 Å². The van der Waals surface area contributed by atoms with Crippen molar-refractivity contribution < 1.29 is 18.8 Å². The van der Waals surface area contributed by atoms with Crippen molar-refractivity contribution in [1.82, 2.24) is 4.90 Å². The van der Waals surface area contributed by atoms with Crippen molar-refractivity contribution in [3.05, 3.63) is 64.0 Å². The summed E-state index contributed by atoms with van der Waals surface area (Å²) in [6.45, 7) is 3.37. The summed E-state index contributed by atoms with van der Waals surface area (Å²) < 4.78 is 19.3. The number of anilines is 1. The van der Waals surface area contributed by atoms with Gasteiger partial charge in [0.2, 0.25) is 0 Å². The number of ether oxygens (including phenoxy) is 1. The predicted molar refractivity (Wildman–Crippen MR) is 98.5 cm³/mol. The van der Waals surface area contributed by atoms with Gasteiger partial charge in [-0.1, -0.05) is 18.2 Å². The van der Waals surface area contributed by atoms with E-state index >= 15 is 0 Å². The second-order valence-corrected chi connectivity index (χ2v) is 6.34. The molecule has 0 spiro atoms. The molecule has 1 amide bonds. The smallest absolute Gasteiger partial charge is 0.311 e. The van der Waals surface area contributed by atoms with Crippen molar-refractivity contribution in [2.75, 3.05) is 37.7 Å². The average Bonchev–Trinajstić information content (AvgIpc) is 2.67. The van der Waals surface area contributed by atoms with Crippen LogP contribution in [-0.4, -0.2) is 48.5 Å². The molecule has 0 saturated carbocycles. The molecule has 0 unspecified atom stereocenters. The molecule has 142 valence electrons. The monoisotopic (exact) mass is 373 g/mol. The normalized spacial score (nSPS) is 14.1. The molecule has 3 rings (SSSR count). The largest absolute Gasteiger partial charge is 0.477 e. The summed E-state index contributed by atoms with van der Waals surface area (Å²) >= 11 is 0. The average molecular weight is 373 g/mol. The molecule has 7 nitrogen and oxygen atoms in total. The molecular formula is C19H20FN3O4. The molecule has 0 atom stereocenters. The van der Waals surface area contributed by atoms with E-state index in [1.165, 1.54) is 18.2 Å². The van der Waals surface area contributed by atoms with Crippen LogP contribution in [0.2, 0.25) is 0 Å². The van der Waals surface area contributed by atoms with Crippen molar-refractivity contribution >= 4 is 17.3 Å². The molecule has 0 radical (unpaired) electrons. The van der Waals surface area contributed by atoms with Gasteiger partial charge in [-0.25, -0.2) is 4.39 Å². The van der Waals surface area contributed by atoms with E-state index in [9.17, 15) is 19.3 Å². The van der Waals surface area contributed by atoms with Crippen molar-refractivity contribution in [1.29, 1.82) is 0 Å². The first kappa shape index (κ1) is 18.6. The van der Waals surface area contributed by atoms with Gasteiger partial charge in [0.1, 0.15) is 5.82 Å². The Morgan fingerprint density at radius 2 is 1.89 bits per heavy atom. The third kappa shape index (κ3) is 4.33. The number of nitro groups is 1. The maximum Gasteiger partial charge on any atom is 0.311 e. The lowest BCUT2D eigenvalue weighted by Crippen LogP contribution is -2.50. The summed E-state index contributed by atoms with van der Waals surface area (Å²) in [5.41, 5.74) is 1.10. The Morgan fingerprint density at radius 3 is 2.56 bits per heavy atom. The summed E-state index contributed by atoms with van der Waals surface area (Å²) in [7, 11) is 0. The fourth-order valence-electron chi connectivity index (χ4n) is 3.03. The number of para-hydroxylation sites is 1. The first-order valence-corrected chi connectivity index (χ1v) is 8.61. The number of piperazine rings is 1. The number of halogens is 1. The number of nitrogens with zero attached hydrogens (tertiary/aromatic N) is 3. The van der Waals surface area contributed by atoms with Crippen molar-refractivity contribution in [2.45, 2.75) is 6.92 Å². The van der Waals surface area contributed by atoms with E-state index < -0.39 is 4.92 Å². The van der Waals surface area contributed by atoms with Crippen LogP contribution in [0.1, 0.15) is 5.56 Å². The van der Waals surface area contributed by atoms with Crippen molar-refractivity contribution in [3.63, 3.8) is 0 Å².